The molecule has 2 amide bonds. The van der Waals surface area contributed by atoms with E-state index >= 15 is 0 Å². The summed E-state index contributed by atoms with van der Waals surface area (Å²) in [6, 6.07) is 14.8. The van der Waals surface area contributed by atoms with Gasteiger partial charge in [0.1, 0.15) is 11.8 Å². The van der Waals surface area contributed by atoms with E-state index in [-0.39, 0.29) is 24.0 Å². The van der Waals surface area contributed by atoms with Gasteiger partial charge in [0.05, 0.1) is 4.47 Å². The minimum Gasteiger partial charge on any atom is -0.483 e. The van der Waals surface area contributed by atoms with E-state index in [1.54, 1.807) is 11.8 Å². The van der Waals surface area contributed by atoms with Gasteiger partial charge in [0.25, 0.3) is 5.91 Å². The van der Waals surface area contributed by atoms with Crippen molar-refractivity contribution >= 4 is 27.7 Å². The summed E-state index contributed by atoms with van der Waals surface area (Å²) in [6.45, 7) is 9.76. The SMILES string of the molecule is CCc1ccc(OCC(=O)N(Cc2ccccc2)[C@H](C)C(=O)NC(C)(C)C)c(Br)c1. The minimum atomic E-state index is -0.633. The monoisotopic (exact) mass is 474 g/mol. The van der Waals surface area contributed by atoms with Gasteiger partial charge in [-0.05, 0) is 73.3 Å². The van der Waals surface area contributed by atoms with E-state index in [1.807, 2.05) is 69.3 Å². The van der Waals surface area contributed by atoms with E-state index < -0.39 is 6.04 Å². The molecule has 30 heavy (non-hydrogen) atoms. The number of rotatable bonds is 8. The van der Waals surface area contributed by atoms with Crippen LogP contribution in [0.3, 0.4) is 0 Å². The Morgan fingerprint density at radius 3 is 2.33 bits per heavy atom. The molecular formula is C24H31BrN2O3. The van der Waals surface area contributed by atoms with Gasteiger partial charge in [-0.1, -0.05) is 43.3 Å². The number of hydrogen-bond acceptors (Lipinski definition) is 3. The lowest BCUT2D eigenvalue weighted by molar-refractivity contribution is -0.142. The predicted molar refractivity (Wildman–Crippen MR) is 123 cm³/mol. The number of aryl methyl sites for hydroxylation is 1. The van der Waals surface area contributed by atoms with E-state index in [0.717, 1.165) is 16.5 Å². The Balaban J connectivity index is 2.16. The molecule has 2 rings (SSSR count). The van der Waals surface area contributed by atoms with Crippen molar-refractivity contribution in [2.24, 2.45) is 0 Å². The van der Waals surface area contributed by atoms with Crippen LogP contribution < -0.4 is 10.1 Å². The summed E-state index contributed by atoms with van der Waals surface area (Å²) in [5.74, 6) is 0.161. The fraction of sp³-hybridized carbons (Fsp3) is 0.417. The maximum atomic E-state index is 13.1. The third-order valence-electron chi connectivity index (χ3n) is 4.62. The van der Waals surface area contributed by atoms with Crippen LogP contribution in [0.15, 0.2) is 53.0 Å². The van der Waals surface area contributed by atoms with Crippen molar-refractivity contribution in [3.63, 3.8) is 0 Å². The topological polar surface area (TPSA) is 58.6 Å². The van der Waals surface area contributed by atoms with Gasteiger partial charge in [-0.3, -0.25) is 9.59 Å². The average molecular weight is 475 g/mol. The Hall–Kier alpha value is -2.34. The molecular weight excluding hydrogens is 444 g/mol. The van der Waals surface area contributed by atoms with Crippen molar-refractivity contribution < 1.29 is 14.3 Å². The largest absolute Gasteiger partial charge is 0.483 e. The molecule has 0 saturated heterocycles. The van der Waals surface area contributed by atoms with Gasteiger partial charge in [-0.2, -0.15) is 0 Å². The van der Waals surface area contributed by atoms with Crippen LogP contribution in [0, 0.1) is 0 Å². The van der Waals surface area contributed by atoms with Gasteiger partial charge in [0.2, 0.25) is 5.91 Å². The quantitative estimate of drug-likeness (QED) is 0.601. The molecule has 0 fully saturated rings. The van der Waals surface area contributed by atoms with Gasteiger partial charge >= 0.3 is 0 Å². The fourth-order valence-electron chi connectivity index (χ4n) is 2.94. The van der Waals surface area contributed by atoms with E-state index in [4.69, 9.17) is 4.74 Å². The number of carbonyl (C=O) groups excluding carboxylic acids is 2. The third kappa shape index (κ3) is 7.17. The zero-order valence-electron chi connectivity index (χ0n) is 18.4. The summed E-state index contributed by atoms with van der Waals surface area (Å²) in [5, 5.41) is 2.95. The lowest BCUT2D eigenvalue weighted by Crippen LogP contribution is -2.53. The van der Waals surface area contributed by atoms with E-state index in [1.165, 1.54) is 5.56 Å². The lowest BCUT2D eigenvalue weighted by Gasteiger charge is -2.31. The summed E-state index contributed by atoms with van der Waals surface area (Å²) in [7, 11) is 0. The van der Waals surface area contributed by atoms with Crippen molar-refractivity contribution in [2.45, 2.75) is 59.2 Å². The molecule has 0 aliphatic rings. The molecule has 1 N–H and O–H groups in total. The van der Waals surface area contributed by atoms with Crippen LogP contribution in [-0.4, -0.2) is 34.9 Å². The van der Waals surface area contributed by atoms with Gasteiger partial charge in [0, 0.05) is 12.1 Å². The predicted octanol–water partition coefficient (Wildman–Crippen LogP) is 4.72. The molecule has 1 atom stereocenters. The zero-order chi connectivity index (χ0) is 22.3. The smallest absolute Gasteiger partial charge is 0.261 e. The zero-order valence-corrected chi connectivity index (χ0v) is 20.0. The molecule has 0 bridgehead atoms. The first-order chi connectivity index (χ1) is 14.1. The van der Waals surface area contributed by atoms with Crippen molar-refractivity contribution in [2.75, 3.05) is 6.61 Å². The van der Waals surface area contributed by atoms with Crippen LogP contribution >= 0.6 is 15.9 Å². The van der Waals surface area contributed by atoms with Crippen LogP contribution in [0.4, 0.5) is 0 Å². The first-order valence-corrected chi connectivity index (χ1v) is 11.0. The Morgan fingerprint density at radius 1 is 1.10 bits per heavy atom. The first kappa shape index (κ1) is 23.9. The number of ether oxygens (including phenoxy) is 1. The Morgan fingerprint density at radius 2 is 1.77 bits per heavy atom. The highest BCUT2D eigenvalue weighted by molar-refractivity contribution is 9.10. The molecule has 5 nitrogen and oxygen atoms in total. The number of benzene rings is 2. The summed E-state index contributed by atoms with van der Waals surface area (Å²) in [4.78, 5) is 27.4. The van der Waals surface area contributed by atoms with Crippen LogP contribution in [0.25, 0.3) is 0 Å². The van der Waals surface area contributed by atoms with Crippen molar-refractivity contribution in [1.29, 1.82) is 0 Å². The summed E-state index contributed by atoms with van der Waals surface area (Å²) < 4.78 is 6.59. The van der Waals surface area contributed by atoms with Crippen molar-refractivity contribution in [1.82, 2.24) is 10.2 Å². The average Bonchev–Trinajstić information content (AvgIpc) is 2.69. The molecule has 0 radical (unpaired) electrons. The van der Waals surface area contributed by atoms with E-state index in [9.17, 15) is 9.59 Å². The third-order valence-corrected chi connectivity index (χ3v) is 5.24. The van der Waals surface area contributed by atoms with Crippen LogP contribution in [-0.2, 0) is 22.6 Å². The minimum absolute atomic E-state index is 0.149. The molecule has 0 aliphatic carbocycles. The fourth-order valence-corrected chi connectivity index (χ4v) is 3.48. The highest BCUT2D eigenvalue weighted by Crippen LogP contribution is 2.26. The van der Waals surface area contributed by atoms with Crippen LogP contribution in [0.1, 0.15) is 45.7 Å². The highest BCUT2D eigenvalue weighted by Gasteiger charge is 2.28. The Kier molecular flexibility index (Phi) is 8.47. The lowest BCUT2D eigenvalue weighted by atomic mass is 10.1. The van der Waals surface area contributed by atoms with Gasteiger partial charge in [0.15, 0.2) is 6.61 Å². The van der Waals surface area contributed by atoms with Crippen molar-refractivity contribution in [3.8, 4) is 5.75 Å². The summed E-state index contributed by atoms with van der Waals surface area (Å²) in [6.07, 6.45) is 0.920. The molecule has 0 spiro atoms. The molecule has 0 saturated carbocycles. The van der Waals surface area contributed by atoms with Crippen LogP contribution in [0.2, 0.25) is 0 Å². The second kappa shape index (κ2) is 10.6. The maximum Gasteiger partial charge on any atom is 0.261 e. The molecule has 0 heterocycles. The standard InChI is InChI=1S/C24H31BrN2O3/c1-6-18-12-13-21(20(25)14-18)30-16-22(28)27(15-19-10-8-7-9-11-19)17(2)23(29)26-24(3,4)5/h7-14,17H,6,15-16H2,1-5H3,(H,26,29)/t17-/m1/s1. The van der Waals surface area contributed by atoms with Crippen molar-refractivity contribution in [3.05, 3.63) is 64.1 Å². The van der Waals surface area contributed by atoms with Gasteiger partial charge < -0.3 is 15.0 Å². The molecule has 0 aliphatic heterocycles. The number of nitrogens with one attached hydrogen (secondary N) is 1. The molecule has 0 unspecified atom stereocenters. The maximum absolute atomic E-state index is 13.1. The Labute approximate surface area is 187 Å². The number of amides is 2. The number of hydrogen-bond donors (Lipinski definition) is 1. The van der Waals surface area contributed by atoms with Gasteiger partial charge in [-0.25, -0.2) is 0 Å². The second-order valence-corrected chi connectivity index (χ2v) is 9.18. The number of carbonyl (C=O) groups is 2. The highest BCUT2D eigenvalue weighted by atomic mass is 79.9. The molecule has 6 heteroatoms. The summed E-state index contributed by atoms with van der Waals surface area (Å²) >= 11 is 3.50. The normalized spacial score (nSPS) is 12.2. The van der Waals surface area contributed by atoms with Gasteiger partial charge in [-0.15, -0.1) is 0 Å². The number of nitrogens with zero attached hydrogens (tertiary/aromatic N) is 1. The first-order valence-electron chi connectivity index (χ1n) is 10.2. The van der Waals surface area contributed by atoms with E-state index in [0.29, 0.717) is 12.3 Å². The number of halogens is 1. The summed E-state index contributed by atoms with van der Waals surface area (Å²) in [5.41, 5.74) is 1.75. The molecule has 2 aromatic rings. The van der Waals surface area contributed by atoms with E-state index in [2.05, 4.69) is 28.2 Å². The van der Waals surface area contributed by atoms with Crippen LogP contribution in [0.5, 0.6) is 5.75 Å². The second-order valence-electron chi connectivity index (χ2n) is 8.33. The Bertz CT molecular complexity index is 862. The molecule has 2 aromatic carbocycles. The molecule has 162 valence electrons. The molecule has 0 aromatic heterocycles.